The Kier molecular flexibility index (Phi) is 8.78. The van der Waals surface area contributed by atoms with Crippen LogP contribution < -0.4 is 0 Å². The van der Waals surface area contributed by atoms with Crippen molar-refractivity contribution in [3.63, 3.8) is 0 Å². The van der Waals surface area contributed by atoms with Crippen LogP contribution in [0.3, 0.4) is 0 Å². The van der Waals surface area contributed by atoms with Crippen molar-refractivity contribution in [1.29, 1.82) is 0 Å². The van der Waals surface area contributed by atoms with Crippen LogP contribution in [0.4, 0.5) is 0 Å². The van der Waals surface area contributed by atoms with Crippen molar-refractivity contribution in [3.8, 4) is 0 Å². The van der Waals surface area contributed by atoms with E-state index in [1.807, 2.05) is 6.66 Å². The highest BCUT2D eigenvalue weighted by molar-refractivity contribution is 7.97. The van der Waals surface area contributed by atoms with Crippen molar-refractivity contribution in [2.75, 3.05) is 24.8 Å². The minimum absolute atomic E-state index is 0.0201. The molecule has 2 radical (unpaired) electrons. The molecule has 0 bridgehead atoms. The number of hydrogen-bond acceptors (Lipinski definition) is 6. The summed E-state index contributed by atoms with van der Waals surface area (Å²) in [4.78, 5) is 0. The summed E-state index contributed by atoms with van der Waals surface area (Å²) in [5, 5.41) is 19.7. The normalized spacial score (nSPS) is 32.6. The number of aliphatic hydroxyl groups excluding tert-OH is 2. The van der Waals surface area contributed by atoms with Crippen LogP contribution in [-0.4, -0.2) is 79.1 Å². The summed E-state index contributed by atoms with van der Waals surface area (Å²) in [7, 11) is -0.151. The van der Waals surface area contributed by atoms with Gasteiger partial charge in [-0.3, -0.25) is 4.55 Å². The fraction of sp³-hybridized carbons (Fsp3) is 1.00. The molecule has 0 saturated carbocycles. The lowest BCUT2D eigenvalue weighted by Crippen LogP contribution is -2.41. The lowest BCUT2D eigenvalue weighted by atomic mass is 10.0. The molecule has 0 spiro atoms. The second-order valence-corrected chi connectivity index (χ2v) is 10.4. The molecule has 1 aliphatic rings. The molecule has 1 aliphatic heterocycles. The molecule has 7 atom stereocenters. The molecule has 2 unspecified atom stereocenters. The molecule has 1 rings (SSSR count). The van der Waals surface area contributed by atoms with Gasteiger partial charge in [-0.1, -0.05) is 13.8 Å². The van der Waals surface area contributed by atoms with Crippen molar-refractivity contribution in [3.05, 3.63) is 0 Å². The van der Waals surface area contributed by atoms with E-state index in [0.717, 1.165) is 12.2 Å². The van der Waals surface area contributed by atoms with Crippen molar-refractivity contribution < 1.29 is 31.9 Å². The van der Waals surface area contributed by atoms with E-state index in [2.05, 4.69) is 18.0 Å². The van der Waals surface area contributed by atoms with E-state index in [1.165, 1.54) is 0 Å². The number of aliphatic hydroxyl groups is 2. The quantitative estimate of drug-likeness (QED) is 0.222. The van der Waals surface area contributed by atoms with Gasteiger partial charge in [0, 0.05) is 5.92 Å². The molecule has 1 fully saturated rings. The van der Waals surface area contributed by atoms with Gasteiger partial charge in [-0.05, 0) is 32.0 Å². The van der Waals surface area contributed by atoms with Crippen LogP contribution in [0.15, 0.2) is 0 Å². The van der Waals surface area contributed by atoms with E-state index in [9.17, 15) is 18.6 Å². The predicted octanol–water partition coefficient (Wildman–Crippen LogP) is 0.0696. The summed E-state index contributed by atoms with van der Waals surface area (Å²) >= 11 is 0. The lowest BCUT2D eigenvalue weighted by Gasteiger charge is -2.20. The van der Waals surface area contributed by atoms with Crippen LogP contribution in [0.2, 0.25) is 0 Å². The van der Waals surface area contributed by atoms with Gasteiger partial charge >= 0.3 is 10.4 Å². The van der Waals surface area contributed by atoms with E-state index in [4.69, 9.17) is 16.6 Å². The summed E-state index contributed by atoms with van der Waals surface area (Å²) < 4.78 is 40.4. The Labute approximate surface area is 143 Å². The highest BCUT2D eigenvalue weighted by Crippen LogP contribution is 2.39. The zero-order valence-corrected chi connectivity index (χ0v) is 16.1. The van der Waals surface area contributed by atoms with Gasteiger partial charge in [0.2, 0.25) is 0 Å². The van der Waals surface area contributed by atoms with E-state index in [-0.39, 0.29) is 22.8 Å². The Bertz CT molecular complexity index is 464. The topological polar surface area (TPSA) is 113 Å². The molecule has 134 valence electrons. The van der Waals surface area contributed by atoms with Crippen molar-refractivity contribution >= 4 is 36.9 Å². The first-order chi connectivity index (χ1) is 10.6. The second-order valence-electron chi connectivity index (χ2n) is 5.68. The second kappa shape index (κ2) is 9.34. The first kappa shape index (κ1) is 21.6. The Morgan fingerprint density at radius 1 is 1.48 bits per heavy atom. The molecule has 1 heterocycles. The van der Waals surface area contributed by atoms with Gasteiger partial charge in [0.25, 0.3) is 0 Å². The first-order valence-electron chi connectivity index (χ1n) is 7.35. The average molecular weight is 387 g/mol. The standard InChI is InChI=1S/C12H24BO7PS2/c1-4-12-8(2)11(19-21(3)13)7-22(12)6-9(15)10(5-14)20-23(16,17)18/h8-12,14-15H,4-7H2,1-3H3/p+1/t8-,9+,10-,11+,12+,21?,22?/m0/s1. The zero-order valence-electron chi connectivity index (χ0n) is 13.5. The van der Waals surface area contributed by atoms with Crippen LogP contribution in [0.25, 0.3) is 0 Å². The molecule has 7 nitrogen and oxygen atoms in total. The van der Waals surface area contributed by atoms with Crippen molar-refractivity contribution in [2.45, 2.75) is 43.8 Å². The van der Waals surface area contributed by atoms with Crippen molar-refractivity contribution in [2.24, 2.45) is 5.92 Å². The molecular weight excluding hydrogens is 362 g/mol. The third-order valence-corrected chi connectivity index (χ3v) is 8.16. The Balaban J connectivity index is 2.73. The van der Waals surface area contributed by atoms with E-state index >= 15 is 0 Å². The lowest BCUT2D eigenvalue weighted by molar-refractivity contribution is 0.0113. The summed E-state index contributed by atoms with van der Waals surface area (Å²) in [6.07, 6.45) is -1.63. The van der Waals surface area contributed by atoms with Crippen LogP contribution >= 0.6 is 8.03 Å². The third-order valence-electron chi connectivity index (χ3n) is 3.92. The van der Waals surface area contributed by atoms with Crippen LogP contribution in [0, 0.1) is 5.92 Å². The highest BCUT2D eigenvalue weighted by atomic mass is 32.3. The molecular formula is C12H25BO7PS2+. The van der Waals surface area contributed by atoms with Gasteiger partial charge in [0.1, 0.15) is 42.6 Å². The Hall–Kier alpha value is 0.595. The van der Waals surface area contributed by atoms with Gasteiger partial charge in [0.05, 0.1) is 6.61 Å². The zero-order chi connectivity index (χ0) is 17.8. The van der Waals surface area contributed by atoms with Gasteiger partial charge in [0.15, 0.2) is 0 Å². The largest absolute Gasteiger partial charge is 0.397 e. The summed E-state index contributed by atoms with van der Waals surface area (Å²) in [5.41, 5.74) is 0. The van der Waals surface area contributed by atoms with E-state index in [1.54, 1.807) is 0 Å². The van der Waals surface area contributed by atoms with Gasteiger partial charge in [-0.2, -0.15) is 8.42 Å². The Morgan fingerprint density at radius 3 is 2.52 bits per heavy atom. The average Bonchev–Trinajstić information content (AvgIpc) is 2.70. The SMILES string of the molecule is [B]P(C)O[C@@H]1C[S+](C[C@@H](O)[C@H](CO)OS(=O)(=O)O)[C@H](CC)[C@H]1C. The third kappa shape index (κ3) is 6.78. The fourth-order valence-corrected chi connectivity index (χ4v) is 7.49. The van der Waals surface area contributed by atoms with Crippen LogP contribution in [0.1, 0.15) is 20.3 Å². The minimum atomic E-state index is -4.73. The van der Waals surface area contributed by atoms with E-state index in [0.29, 0.717) is 11.2 Å². The number of rotatable bonds is 9. The summed E-state index contributed by atoms with van der Waals surface area (Å²) in [6, 6.07) is 0. The van der Waals surface area contributed by atoms with Crippen LogP contribution in [-0.2, 0) is 30.0 Å². The van der Waals surface area contributed by atoms with E-state index < -0.39 is 37.2 Å². The number of hydrogen-bond donors (Lipinski definition) is 3. The van der Waals surface area contributed by atoms with Gasteiger partial charge in [-0.15, -0.1) is 0 Å². The van der Waals surface area contributed by atoms with Gasteiger partial charge < -0.3 is 14.7 Å². The molecule has 1 saturated heterocycles. The highest BCUT2D eigenvalue weighted by Gasteiger charge is 2.49. The molecule has 0 aromatic carbocycles. The molecule has 0 aromatic rings. The predicted molar refractivity (Wildman–Crippen MR) is 93.3 cm³/mol. The molecule has 0 aliphatic carbocycles. The maximum atomic E-state index is 10.8. The Morgan fingerprint density at radius 2 is 2.09 bits per heavy atom. The molecule has 23 heavy (non-hydrogen) atoms. The monoisotopic (exact) mass is 387 g/mol. The molecule has 0 aromatic heterocycles. The smallest absolute Gasteiger partial charge is 0.394 e. The summed E-state index contributed by atoms with van der Waals surface area (Å²) in [5.74, 6) is 1.32. The molecule has 0 amide bonds. The minimum Gasteiger partial charge on any atom is -0.394 e. The fourth-order valence-electron chi connectivity index (χ4n) is 2.87. The van der Waals surface area contributed by atoms with Gasteiger partial charge in [-0.25, -0.2) is 4.18 Å². The molecule has 11 heteroatoms. The summed E-state index contributed by atoms with van der Waals surface area (Å²) in [6.45, 7) is 5.28. The maximum absolute atomic E-state index is 10.8. The van der Waals surface area contributed by atoms with Crippen LogP contribution in [0.5, 0.6) is 0 Å². The maximum Gasteiger partial charge on any atom is 0.397 e. The molecule has 3 N–H and O–H groups in total. The first-order valence-corrected chi connectivity index (χ1v) is 12.1. The van der Waals surface area contributed by atoms with Crippen molar-refractivity contribution in [1.82, 2.24) is 0 Å².